The molecule has 1 radical (unpaired) electrons. The molecule has 4 aromatic carbocycles. The molecule has 4 nitrogen and oxygen atoms in total. The molecule has 1 aromatic heterocycles. The molecule has 5 rings (SSSR count). The van der Waals surface area contributed by atoms with Crippen LogP contribution in [-0.4, -0.2) is 21.1 Å². The van der Waals surface area contributed by atoms with Crippen LogP contribution in [0.5, 0.6) is 0 Å². The number of nitrogens with zero attached hydrogens (tertiary/aromatic N) is 2. The fourth-order valence-electron chi connectivity index (χ4n) is 5.22. The van der Waals surface area contributed by atoms with E-state index < -0.39 is 0 Å². The third-order valence-electron chi connectivity index (χ3n) is 7.34. The zero-order valence-electron chi connectivity index (χ0n) is 22.3. The first-order valence-corrected chi connectivity index (χ1v) is 13.1. The van der Waals surface area contributed by atoms with Crippen LogP contribution in [0.3, 0.4) is 0 Å². The van der Waals surface area contributed by atoms with Gasteiger partial charge in [0.25, 0.3) is 0 Å². The molecule has 0 bridgehead atoms. The van der Waals surface area contributed by atoms with Crippen molar-refractivity contribution < 1.29 is 30.0 Å². The third kappa shape index (κ3) is 5.68. The maximum atomic E-state index is 11.7. The van der Waals surface area contributed by atoms with E-state index in [-0.39, 0.29) is 43.5 Å². The summed E-state index contributed by atoms with van der Waals surface area (Å²) in [4.78, 5) is 11.7. The molecule has 0 atom stereocenters. The van der Waals surface area contributed by atoms with Crippen LogP contribution in [0.2, 0.25) is 0 Å². The minimum absolute atomic E-state index is 0. The first-order chi connectivity index (χ1) is 17.4. The van der Waals surface area contributed by atoms with E-state index in [1.54, 1.807) is 0 Å². The van der Waals surface area contributed by atoms with Crippen molar-refractivity contribution in [2.24, 2.45) is 11.8 Å². The van der Waals surface area contributed by atoms with Gasteiger partial charge in [-0.2, -0.15) is 5.10 Å². The third-order valence-corrected chi connectivity index (χ3v) is 7.34. The van der Waals surface area contributed by atoms with E-state index in [0.29, 0.717) is 0 Å². The van der Waals surface area contributed by atoms with Gasteiger partial charge in [-0.05, 0) is 41.8 Å². The number of carbonyl (C=O) groups is 1. The van der Waals surface area contributed by atoms with Crippen LogP contribution < -0.4 is 0 Å². The largest absolute Gasteiger partial charge is 0.512 e. The monoisotopic (exact) mass is 672 g/mol. The molecular formula is C32H35IrN2O2-. The molecule has 0 saturated carbocycles. The Morgan fingerprint density at radius 1 is 0.919 bits per heavy atom. The van der Waals surface area contributed by atoms with Gasteiger partial charge in [-0.3, -0.25) is 4.79 Å². The van der Waals surface area contributed by atoms with Crippen molar-refractivity contribution in [1.82, 2.24) is 10.2 Å². The van der Waals surface area contributed by atoms with Crippen LogP contribution in [0.15, 0.2) is 60.5 Å². The summed E-state index contributed by atoms with van der Waals surface area (Å²) in [7, 11) is 0. The van der Waals surface area contributed by atoms with Crippen LogP contribution >= 0.6 is 0 Å². The van der Waals surface area contributed by atoms with Crippen LogP contribution in [-0.2, 0) is 24.9 Å². The maximum absolute atomic E-state index is 11.7. The van der Waals surface area contributed by atoms with Gasteiger partial charge in [0.2, 0.25) is 0 Å². The Hall–Kier alpha value is -2.88. The summed E-state index contributed by atoms with van der Waals surface area (Å²) < 4.78 is 0. The first kappa shape index (κ1) is 28.7. The number of benzene rings is 4. The van der Waals surface area contributed by atoms with Gasteiger partial charge in [0.05, 0.1) is 12.0 Å². The molecule has 195 valence electrons. The van der Waals surface area contributed by atoms with E-state index in [9.17, 15) is 9.90 Å². The number of aliphatic hydroxyl groups excluding tert-OH is 1. The molecule has 37 heavy (non-hydrogen) atoms. The zero-order valence-corrected chi connectivity index (χ0v) is 24.7. The van der Waals surface area contributed by atoms with Crippen molar-refractivity contribution in [3.05, 3.63) is 72.1 Å². The number of aromatic nitrogens is 2. The average molecular weight is 672 g/mol. The molecule has 0 unspecified atom stereocenters. The second kappa shape index (κ2) is 12.6. The van der Waals surface area contributed by atoms with Crippen LogP contribution in [0.1, 0.15) is 58.9 Å². The Morgan fingerprint density at radius 2 is 1.51 bits per heavy atom. The second-order valence-electron chi connectivity index (χ2n) is 9.56. The minimum atomic E-state index is 0. The van der Waals surface area contributed by atoms with E-state index in [1.165, 1.54) is 33.0 Å². The summed E-state index contributed by atoms with van der Waals surface area (Å²) in [5.74, 6) is 0.547. The molecule has 0 aliphatic heterocycles. The van der Waals surface area contributed by atoms with Gasteiger partial charge in [-0.25, -0.2) is 5.10 Å². The van der Waals surface area contributed by atoms with E-state index >= 15 is 0 Å². The number of aryl methyl sites for hydroxylation is 1. The predicted molar refractivity (Wildman–Crippen MR) is 151 cm³/mol. The van der Waals surface area contributed by atoms with E-state index in [4.69, 9.17) is 0 Å². The quantitative estimate of drug-likeness (QED) is 0.0620. The van der Waals surface area contributed by atoms with Crippen molar-refractivity contribution >= 4 is 49.0 Å². The minimum Gasteiger partial charge on any atom is -0.512 e. The maximum Gasteiger partial charge on any atom is 0.162 e. The van der Waals surface area contributed by atoms with Crippen LogP contribution in [0.25, 0.3) is 43.2 Å². The smallest absolute Gasteiger partial charge is 0.162 e. The summed E-state index contributed by atoms with van der Waals surface area (Å²) in [6.45, 7) is 10.2. The second-order valence-corrected chi connectivity index (χ2v) is 9.56. The number of hydrogen-bond acceptors (Lipinski definition) is 4. The number of carbonyl (C=O) groups excluding carboxylic acids is 1. The molecule has 1 N–H and O–H groups in total. The topological polar surface area (TPSA) is 63.1 Å². The molecule has 0 saturated heterocycles. The molecule has 5 aromatic rings. The molecule has 5 heteroatoms. The standard InChI is InChI=1S/C19H11N2.C13H24O2.Ir/c1-11-8-12-4-2-6-14-15-7-3-5-13-10-20-21-19(18(13)15)16(9-11)17(12)14;1-5-10(6-2)12(14)9-13(15)11(7-3)8-4;/h2-8,10H,1H3;9-11,14H,5-8H2,1-4H3;/q-1;;/b;12-9-;. The zero-order chi connectivity index (χ0) is 25.8. The molecule has 0 amide bonds. The van der Waals surface area contributed by atoms with Gasteiger partial charge in [0.15, 0.2) is 5.78 Å². The molecule has 1 heterocycles. The number of ketones is 1. The predicted octanol–water partition coefficient (Wildman–Crippen LogP) is 8.50. The van der Waals surface area contributed by atoms with Gasteiger partial charge in [-0.15, -0.1) is 28.5 Å². The number of hydrogen-bond donors (Lipinski definition) is 1. The Labute approximate surface area is 232 Å². The summed E-state index contributed by atoms with van der Waals surface area (Å²) in [5, 5.41) is 26.8. The first-order valence-electron chi connectivity index (χ1n) is 13.1. The van der Waals surface area contributed by atoms with Crippen LogP contribution in [0.4, 0.5) is 0 Å². The molecule has 0 aliphatic rings. The Morgan fingerprint density at radius 3 is 2.14 bits per heavy atom. The fourth-order valence-corrected chi connectivity index (χ4v) is 5.22. The number of fused-ring (bicyclic) bond motifs is 2. The Balaban J connectivity index is 0.000000214. The molecule has 0 fully saturated rings. The Kier molecular flexibility index (Phi) is 9.75. The van der Waals surface area contributed by atoms with E-state index in [0.717, 1.165) is 47.5 Å². The molecule has 0 spiro atoms. The Bertz CT molecular complexity index is 1530. The summed E-state index contributed by atoms with van der Waals surface area (Å²) in [5.41, 5.74) is 2.09. The van der Waals surface area contributed by atoms with Crippen molar-refractivity contribution in [3.63, 3.8) is 0 Å². The van der Waals surface area contributed by atoms with Crippen molar-refractivity contribution in [2.45, 2.75) is 60.3 Å². The normalized spacial score (nSPS) is 11.9. The van der Waals surface area contributed by atoms with Gasteiger partial charge in [0, 0.05) is 43.5 Å². The van der Waals surface area contributed by atoms with Crippen molar-refractivity contribution in [2.75, 3.05) is 0 Å². The van der Waals surface area contributed by atoms with Crippen LogP contribution in [0, 0.1) is 24.8 Å². The SMILES string of the molecule is CCC(CC)C(=O)/C=C(\O)C(CC)CC.Cc1[c-]c2c3nncc4cccc(c5cccc(c1)c25)c43.[Ir]. The summed E-state index contributed by atoms with van der Waals surface area (Å²) >= 11 is 0. The van der Waals surface area contributed by atoms with E-state index in [1.807, 2.05) is 33.9 Å². The van der Waals surface area contributed by atoms with Gasteiger partial charge >= 0.3 is 0 Å². The van der Waals surface area contributed by atoms with Crippen molar-refractivity contribution in [1.29, 1.82) is 0 Å². The fraction of sp³-hybridized carbons (Fsp3) is 0.344. The summed E-state index contributed by atoms with van der Waals surface area (Å²) in [6.07, 6.45) is 6.74. The molecule has 0 aliphatic carbocycles. The number of rotatable bonds is 7. The summed E-state index contributed by atoms with van der Waals surface area (Å²) in [6, 6.07) is 18.5. The average Bonchev–Trinajstić information content (AvgIpc) is 2.88. The number of allylic oxidation sites excluding steroid dienone is 2. The molecular weight excluding hydrogens is 637 g/mol. The number of aliphatic hydroxyl groups is 1. The van der Waals surface area contributed by atoms with Gasteiger partial charge < -0.3 is 5.11 Å². The van der Waals surface area contributed by atoms with Gasteiger partial charge in [0.1, 0.15) is 0 Å². The van der Waals surface area contributed by atoms with Gasteiger partial charge in [-0.1, -0.05) is 81.8 Å². The van der Waals surface area contributed by atoms with E-state index in [2.05, 4.69) is 65.7 Å². The van der Waals surface area contributed by atoms with Crippen molar-refractivity contribution in [3.8, 4) is 0 Å².